The lowest BCUT2D eigenvalue weighted by Gasteiger charge is -2.34. The Morgan fingerprint density at radius 3 is 2.95 bits per heavy atom. The molecular formula is C17H24ClNO3. The SMILES string of the molecule is COc1cccc(Cl)c1C(=O)NCC1CCCOC1C(C)C. The Balaban J connectivity index is 2.03. The third-order valence-electron chi connectivity index (χ3n) is 4.10. The summed E-state index contributed by atoms with van der Waals surface area (Å²) in [6.45, 7) is 5.71. The number of methoxy groups -OCH3 is 1. The first-order valence-electron chi connectivity index (χ1n) is 7.77. The fourth-order valence-electron chi connectivity index (χ4n) is 3.03. The zero-order valence-corrected chi connectivity index (χ0v) is 14.2. The number of hydrogen-bond donors (Lipinski definition) is 1. The van der Waals surface area contributed by atoms with Crippen LogP contribution < -0.4 is 10.1 Å². The van der Waals surface area contributed by atoms with Crippen molar-refractivity contribution in [1.29, 1.82) is 0 Å². The fourth-order valence-corrected chi connectivity index (χ4v) is 3.28. The van der Waals surface area contributed by atoms with E-state index in [9.17, 15) is 4.79 Å². The van der Waals surface area contributed by atoms with Gasteiger partial charge in [-0.25, -0.2) is 0 Å². The number of rotatable bonds is 5. The molecule has 1 aliphatic heterocycles. The van der Waals surface area contributed by atoms with E-state index in [1.807, 2.05) is 0 Å². The van der Waals surface area contributed by atoms with Gasteiger partial charge < -0.3 is 14.8 Å². The molecule has 1 aliphatic rings. The quantitative estimate of drug-likeness (QED) is 0.901. The van der Waals surface area contributed by atoms with E-state index in [1.165, 1.54) is 7.11 Å². The first-order valence-corrected chi connectivity index (χ1v) is 8.14. The van der Waals surface area contributed by atoms with Crippen molar-refractivity contribution in [3.8, 4) is 5.75 Å². The van der Waals surface area contributed by atoms with Gasteiger partial charge >= 0.3 is 0 Å². The van der Waals surface area contributed by atoms with Crippen molar-refractivity contribution in [1.82, 2.24) is 5.32 Å². The van der Waals surface area contributed by atoms with E-state index in [0.717, 1.165) is 19.4 Å². The van der Waals surface area contributed by atoms with E-state index in [4.69, 9.17) is 21.1 Å². The Hall–Kier alpha value is -1.26. The molecule has 0 radical (unpaired) electrons. The average molecular weight is 326 g/mol. The standard InChI is InChI=1S/C17H24ClNO3/c1-11(2)16-12(6-5-9-22-16)10-19-17(20)15-13(18)7-4-8-14(15)21-3/h4,7-8,11-12,16H,5-6,9-10H2,1-3H3,(H,19,20). The van der Waals surface area contributed by atoms with E-state index in [2.05, 4.69) is 19.2 Å². The summed E-state index contributed by atoms with van der Waals surface area (Å²) in [5, 5.41) is 3.39. The summed E-state index contributed by atoms with van der Waals surface area (Å²) < 4.78 is 11.1. The van der Waals surface area contributed by atoms with Crippen LogP contribution in [0, 0.1) is 11.8 Å². The second kappa shape index (κ2) is 7.84. The largest absolute Gasteiger partial charge is 0.496 e. The maximum atomic E-state index is 12.4. The summed E-state index contributed by atoms with van der Waals surface area (Å²) in [6, 6.07) is 5.20. The summed E-state index contributed by atoms with van der Waals surface area (Å²) in [4.78, 5) is 12.4. The Labute approximate surface area is 137 Å². The van der Waals surface area contributed by atoms with Gasteiger partial charge in [-0.3, -0.25) is 4.79 Å². The molecule has 0 aliphatic carbocycles. The Kier molecular flexibility index (Phi) is 6.09. The second-order valence-electron chi connectivity index (χ2n) is 6.01. The van der Waals surface area contributed by atoms with Crippen LogP contribution in [0.1, 0.15) is 37.0 Å². The molecule has 2 unspecified atom stereocenters. The van der Waals surface area contributed by atoms with Gasteiger partial charge in [0.1, 0.15) is 5.75 Å². The molecule has 2 rings (SSSR count). The minimum Gasteiger partial charge on any atom is -0.496 e. The summed E-state index contributed by atoms with van der Waals surface area (Å²) in [5.41, 5.74) is 0.393. The minimum atomic E-state index is -0.199. The number of hydrogen-bond acceptors (Lipinski definition) is 3. The van der Waals surface area contributed by atoms with Gasteiger partial charge in [0, 0.05) is 19.1 Å². The first-order chi connectivity index (χ1) is 10.5. The second-order valence-corrected chi connectivity index (χ2v) is 6.42. The number of carbonyl (C=O) groups excluding carboxylic acids is 1. The molecule has 1 fully saturated rings. The molecule has 1 saturated heterocycles. The molecule has 22 heavy (non-hydrogen) atoms. The number of nitrogens with one attached hydrogen (secondary N) is 1. The van der Waals surface area contributed by atoms with E-state index >= 15 is 0 Å². The van der Waals surface area contributed by atoms with Crippen molar-refractivity contribution in [3.63, 3.8) is 0 Å². The van der Waals surface area contributed by atoms with Gasteiger partial charge in [0.15, 0.2) is 0 Å². The minimum absolute atomic E-state index is 0.196. The van der Waals surface area contributed by atoms with E-state index in [1.54, 1.807) is 18.2 Å². The smallest absolute Gasteiger partial charge is 0.256 e. The monoisotopic (exact) mass is 325 g/mol. The van der Waals surface area contributed by atoms with Crippen LogP contribution in [-0.4, -0.2) is 32.3 Å². The number of amides is 1. The number of carbonyl (C=O) groups is 1. The number of ether oxygens (including phenoxy) is 2. The fraction of sp³-hybridized carbons (Fsp3) is 0.588. The maximum Gasteiger partial charge on any atom is 0.256 e. The van der Waals surface area contributed by atoms with Crippen LogP contribution in [0.25, 0.3) is 0 Å². The summed E-state index contributed by atoms with van der Waals surface area (Å²) in [5.74, 6) is 1.07. The zero-order chi connectivity index (χ0) is 16.1. The lowest BCUT2D eigenvalue weighted by atomic mass is 9.87. The van der Waals surface area contributed by atoms with Crippen LogP contribution in [-0.2, 0) is 4.74 Å². The van der Waals surface area contributed by atoms with Gasteiger partial charge in [0.2, 0.25) is 0 Å². The van der Waals surface area contributed by atoms with Gasteiger partial charge in [0.25, 0.3) is 5.91 Å². The lowest BCUT2D eigenvalue weighted by molar-refractivity contribution is -0.0510. The molecular weight excluding hydrogens is 302 g/mol. The van der Waals surface area contributed by atoms with Crippen molar-refractivity contribution in [2.45, 2.75) is 32.8 Å². The molecule has 1 heterocycles. The summed E-state index contributed by atoms with van der Waals surface area (Å²) in [6.07, 6.45) is 2.31. The van der Waals surface area contributed by atoms with E-state index in [-0.39, 0.29) is 12.0 Å². The summed E-state index contributed by atoms with van der Waals surface area (Å²) in [7, 11) is 1.53. The average Bonchev–Trinajstić information content (AvgIpc) is 2.52. The maximum absolute atomic E-state index is 12.4. The van der Waals surface area contributed by atoms with Crippen LogP contribution in [0.4, 0.5) is 0 Å². The van der Waals surface area contributed by atoms with Crippen LogP contribution in [0.15, 0.2) is 18.2 Å². The molecule has 122 valence electrons. The summed E-state index contributed by atoms with van der Waals surface area (Å²) >= 11 is 6.14. The van der Waals surface area contributed by atoms with Crippen LogP contribution in [0.3, 0.4) is 0 Å². The van der Waals surface area contributed by atoms with E-state index in [0.29, 0.717) is 34.7 Å². The van der Waals surface area contributed by atoms with E-state index < -0.39 is 0 Å². The molecule has 4 nitrogen and oxygen atoms in total. The number of halogens is 1. The van der Waals surface area contributed by atoms with Crippen molar-refractivity contribution >= 4 is 17.5 Å². The normalized spacial score (nSPS) is 21.7. The topological polar surface area (TPSA) is 47.6 Å². The molecule has 0 aromatic heterocycles. The third kappa shape index (κ3) is 3.93. The van der Waals surface area contributed by atoms with Crippen molar-refractivity contribution in [3.05, 3.63) is 28.8 Å². The lowest BCUT2D eigenvalue weighted by Crippen LogP contribution is -2.41. The van der Waals surface area contributed by atoms with Crippen LogP contribution >= 0.6 is 11.6 Å². The molecule has 2 atom stereocenters. The Morgan fingerprint density at radius 2 is 2.27 bits per heavy atom. The van der Waals surface area contributed by atoms with Gasteiger partial charge in [-0.1, -0.05) is 31.5 Å². The van der Waals surface area contributed by atoms with Crippen molar-refractivity contribution < 1.29 is 14.3 Å². The predicted molar refractivity (Wildman–Crippen MR) is 87.6 cm³/mol. The highest BCUT2D eigenvalue weighted by atomic mass is 35.5. The van der Waals surface area contributed by atoms with Crippen LogP contribution in [0.5, 0.6) is 5.75 Å². The predicted octanol–water partition coefficient (Wildman–Crippen LogP) is 3.53. The number of benzene rings is 1. The highest BCUT2D eigenvalue weighted by Gasteiger charge is 2.29. The molecule has 1 amide bonds. The molecule has 0 spiro atoms. The van der Waals surface area contributed by atoms with Crippen molar-refractivity contribution in [2.75, 3.05) is 20.3 Å². The molecule has 0 saturated carbocycles. The third-order valence-corrected chi connectivity index (χ3v) is 4.41. The van der Waals surface area contributed by atoms with Gasteiger partial charge in [-0.2, -0.15) is 0 Å². The molecule has 0 bridgehead atoms. The first kappa shape index (κ1) is 17.1. The Bertz CT molecular complexity index is 519. The Morgan fingerprint density at radius 1 is 1.50 bits per heavy atom. The highest BCUT2D eigenvalue weighted by Crippen LogP contribution is 2.28. The molecule has 1 aromatic carbocycles. The van der Waals surface area contributed by atoms with Crippen molar-refractivity contribution in [2.24, 2.45) is 11.8 Å². The van der Waals surface area contributed by atoms with Gasteiger partial charge in [-0.15, -0.1) is 0 Å². The zero-order valence-electron chi connectivity index (χ0n) is 13.4. The van der Waals surface area contributed by atoms with Crippen LogP contribution in [0.2, 0.25) is 5.02 Å². The van der Waals surface area contributed by atoms with Gasteiger partial charge in [0.05, 0.1) is 23.8 Å². The van der Waals surface area contributed by atoms with Gasteiger partial charge in [-0.05, 0) is 30.9 Å². The molecule has 1 aromatic rings. The molecule has 1 N–H and O–H groups in total. The molecule has 5 heteroatoms. The highest BCUT2D eigenvalue weighted by molar-refractivity contribution is 6.34.